The number of nitrogens with one attached hydrogen (secondary N) is 2. The predicted octanol–water partition coefficient (Wildman–Crippen LogP) is 3.68. The molecule has 2 aromatic rings. The van der Waals surface area contributed by atoms with Crippen LogP contribution in [0.5, 0.6) is 0 Å². The lowest BCUT2D eigenvalue weighted by Crippen LogP contribution is -2.47. The first-order valence-electron chi connectivity index (χ1n) is 9.78. The molecule has 0 saturated carbocycles. The zero-order valence-electron chi connectivity index (χ0n) is 16.4. The van der Waals surface area contributed by atoms with Crippen LogP contribution in [0.25, 0.3) is 0 Å². The fraction of sp³-hybridized carbons (Fsp3) is 0.364. The molecular weight excluding hydrogens is 409 g/mol. The van der Waals surface area contributed by atoms with Gasteiger partial charge in [0, 0.05) is 30.7 Å². The van der Waals surface area contributed by atoms with Crippen LogP contribution < -0.4 is 10.6 Å². The molecule has 7 heteroatoms. The molecule has 29 heavy (non-hydrogen) atoms. The number of carbonyl (C=O) groups is 2. The Labute approximate surface area is 181 Å². The summed E-state index contributed by atoms with van der Waals surface area (Å²) in [7, 11) is 0. The minimum Gasteiger partial charge on any atom is -0.353 e. The number of hydrogen-bond acceptors (Lipinski definition) is 3. The molecule has 0 spiro atoms. The smallest absolute Gasteiger partial charge is 0.253 e. The number of benzene rings is 2. The van der Waals surface area contributed by atoms with Gasteiger partial charge in [0.1, 0.15) is 0 Å². The molecule has 2 aromatic carbocycles. The van der Waals surface area contributed by atoms with Crippen molar-refractivity contribution in [3.63, 3.8) is 0 Å². The summed E-state index contributed by atoms with van der Waals surface area (Å²) >= 11 is 11.9. The van der Waals surface area contributed by atoms with Gasteiger partial charge in [-0.25, -0.2) is 0 Å². The molecule has 154 valence electrons. The summed E-state index contributed by atoms with van der Waals surface area (Å²) < 4.78 is 0. The summed E-state index contributed by atoms with van der Waals surface area (Å²) in [5.41, 5.74) is 3.06. The molecule has 1 aliphatic rings. The van der Waals surface area contributed by atoms with Crippen molar-refractivity contribution in [3.8, 4) is 0 Å². The Morgan fingerprint density at radius 1 is 1.10 bits per heavy atom. The monoisotopic (exact) mass is 433 g/mol. The van der Waals surface area contributed by atoms with E-state index in [1.54, 1.807) is 12.1 Å². The molecule has 0 bridgehead atoms. The van der Waals surface area contributed by atoms with E-state index in [-0.39, 0.29) is 23.5 Å². The Bertz CT molecular complexity index is 888. The molecular formula is C22H25Cl2N3O2. The molecule has 0 radical (unpaired) electrons. The third kappa shape index (κ3) is 5.72. The quantitative estimate of drug-likeness (QED) is 0.699. The molecule has 1 unspecified atom stereocenters. The summed E-state index contributed by atoms with van der Waals surface area (Å²) in [5.74, 6) is -0.624. The van der Waals surface area contributed by atoms with Crippen molar-refractivity contribution in [2.75, 3.05) is 19.6 Å². The number of nitrogens with zero attached hydrogens (tertiary/aromatic N) is 1. The highest BCUT2D eigenvalue weighted by molar-refractivity contribution is 6.36. The standard InChI is InChI=1S/C22H25Cl2N3O2/c1-2-18(27-10-9-15-5-3-4-6-16(15)14-27)12-25-21(28)13-26-22(29)19-8-7-17(23)11-20(19)24/h3-8,11,18H,2,9-10,12-14H2,1H3,(H,25,28)(H,26,29). The molecule has 0 aromatic heterocycles. The Hall–Kier alpha value is -2.08. The van der Waals surface area contributed by atoms with Crippen molar-refractivity contribution in [2.24, 2.45) is 0 Å². The second-order valence-electron chi connectivity index (χ2n) is 7.16. The third-order valence-corrected chi connectivity index (χ3v) is 5.82. The summed E-state index contributed by atoms with van der Waals surface area (Å²) in [4.78, 5) is 26.8. The van der Waals surface area contributed by atoms with Crippen molar-refractivity contribution in [1.29, 1.82) is 0 Å². The van der Waals surface area contributed by atoms with Gasteiger partial charge in [-0.05, 0) is 42.2 Å². The Morgan fingerprint density at radius 3 is 2.59 bits per heavy atom. The van der Waals surface area contributed by atoms with Crippen molar-refractivity contribution >= 4 is 35.0 Å². The molecule has 3 rings (SSSR count). The molecule has 0 fully saturated rings. The van der Waals surface area contributed by atoms with Gasteiger partial charge in [0.15, 0.2) is 0 Å². The van der Waals surface area contributed by atoms with Crippen LogP contribution in [0.4, 0.5) is 0 Å². The predicted molar refractivity (Wildman–Crippen MR) is 116 cm³/mol. The van der Waals surface area contributed by atoms with Crippen molar-refractivity contribution < 1.29 is 9.59 Å². The van der Waals surface area contributed by atoms with Crippen LogP contribution in [0.15, 0.2) is 42.5 Å². The van der Waals surface area contributed by atoms with Crippen LogP contribution in [0.1, 0.15) is 34.8 Å². The summed E-state index contributed by atoms with van der Waals surface area (Å²) in [5, 5.41) is 6.25. The zero-order chi connectivity index (χ0) is 20.8. The van der Waals surface area contributed by atoms with Gasteiger partial charge < -0.3 is 10.6 Å². The lowest BCUT2D eigenvalue weighted by Gasteiger charge is -2.35. The number of rotatable bonds is 7. The van der Waals surface area contributed by atoms with E-state index in [2.05, 4.69) is 46.7 Å². The summed E-state index contributed by atoms with van der Waals surface area (Å²) in [6, 6.07) is 13.4. The highest BCUT2D eigenvalue weighted by Gasteiger charge is 2.22. The van der Waals surface area contributed by atoms with E-state index in [1.165, 1.54) is 17.2 Å². The van der Waals surface area contributed by atoms with Gasteiger partial charge in [-0.2, -0.15) is 0 Å². The molecule has 5 nitrogen and oxygen atoms in total. The van der Waals surface area contributed by atoms with E-state index in [9.17, 15) is 9.59 Å². The maximum absolute atomic E-state index is 12.2. The van der Waals surface area contributed by atoms with E-state index >= 15 is 0 Å². The minimum atomic E-state index is -0.401. The Morgan fingerprint density at radius 2 is 1.86 bits per heavy atom. The zero-order valence-corrected chi connectivity index (χ0v) is 17.9. The van der Waals surface area contributed by atoms with Gasteiger partial charge >= 0.3 is 0 Å². The van der Waals surface area contributed by atoms with Crippen LogP contribution in [0.2, 0.25) is 10.0 Å². The number of hydrogen-bond donors (Lipinski definition) is 2. The summed E-state index contributed by atoms with van der Waals surface area (Å²) in [6.07, 6.45) is 1.97. The van der Waals surface area contributed by atoms with Crippen LogP contribution in [-0.2, 0) is 17.8 Å². The maximum atomic E-state index is 12.2. The molecule has 0 aliphatic carbocycles. The van der Waals surface area contributed by atoms with E-state index in [1.807, 2.05) is 0 Å². The van der Waals surface area contributed by atoms with Crippen molar-refractivity contribution in [3.05, 3.63) is 69.2 Å². The number of amides is 2. The van der Waals surface area contributed by atoms with Crippen LogP contribution in [0.3, 0.4) is 0 Å². The molecule has 1 heterocycles. The lowest BCUT2D eigenvalue weighted by atomic mass is 9.98. The molecule has 2 amide bonds. The van der Waals surface area contributed by atoms with Crippen LogP contribution in [0, 0.1) is 0 Å². The van der Waals surface area contributed by atoms with Crippen molar-refractivity contribution in [2.45, 2.75) is 32.4 Å². The van der Waals surface area contributed by atoms with Crippen LogP contribution >= 0.6 is 23.2 Å². The highest BCUT2D eigenvalue weighted by atomic mass is 35.5. The molecule has 0 saturated heterocycles. The normalized spacial score (nSPS) is 14.7. The van der Waals surface area contributed by atoms with Gasteiger partial charge in [0.05, 0.1) is 17.1 Å². The van der Waals surface area contributed by atoms with E-state index in [0.717, 1.165) is 25.9 Å². The number of fused-ring (bicyclic) bond motifs is 1. The topological polar surface area (TPSA) is 61.4 Å². The number of carbonyl (C=O) groups excluding carboxylic acids is 2. The SMILES string of the molecule is CCC(CNC(=O)CNC(=O)c1ccc(Cl)cc1Cl)N1CCc2ccccc2C1. The average Bonchev–Trinajstić information content (AvgIpc) is 2.72. The second-order valence-corrected chi connectivity index (χ2v) is 8.01. The largest absolute Gasteiger partial charge is 0.353 e. The minimum absolute atomic E-state index is 0.100. The summed E-state index contributed by atoms with van der Waals surface area (Å²) in [6.45, 7) is 4.46. The Kier molecular flexibility index (Phi) is 7.53. The van der Waals surface area contributed by atoms with Gasteiger partial charge in [-0.15, -0.1) is 0 Å². The van der Waals surface area contributed by atoms with Gasteiger partial charge in [0.2, 0.25) is 5.91 Å². The second kappa shape index (κ2) is 10.1. The van der Waals surface area contributed by atoms with E-state index < -0.39 is 5.91 Å². The molecule has 2 N–H and O–H groups in total. The van der Waals surface area contributed by atoms with E-state index in [4.69, 9.17) is 23.2 Å². The first-order chi connectivity index (χ1) is 14.0. The van der Waals surface area contributed by atoms with Crippen molar-refractivity contribution in [1.82, 2.24) is 15.5 Å². The van der Waals surface area contributed by atoms with Gasteiger partial charge in [-0.3, -0.25) is 14.5 Å². The maximum Gasteiger partial charge on any atom is 0.253 e. The Balaban J connectivity index is 1.47. The lowest BCUT2D eigenvalue weighted by molar-refractivity contribution is -0.120. The van der Waals surface area contributed by atoms with Gasteiger partial charge in [0.25, 0.3) is 5.91 Å². The highest BCUT2D eigenvalue weighted by Crippen LogP contribution is 2.22. The van der Waals surface area contributed by atoms with E-state index in [0.29, 0.717) is 17.1 Å². The first-order valence-corrected chi connectivity index (χ1v) is 10.5. The fourth-order valence-corrected chi connectivity index (χ4v) is 4.08. The molecule has 1 aliphatic heterocycles. The first kappa shape index (κ1) is 21.6. The molecule has 1 atom stereocenters. The van der Waals surface area contributed by atoms with Crippen LogP contribution in [-0.4, -0.2) is 42.4 Å². The third-order valence-electron chi connectivity index (χ3n) is 5.27. The fourth-order valence-electron chi connectivity index (χ4n) is 3.58. The average molecular weight is 434 g/mol. The number of halogens is 2. The van der Waals surface area contributed by atoms with Gasteiger partial charge in [-0.1, -0.05) is 54.4 Å².